The molecule has 0 saturated carbocycles. The minimum atomic E-state index is -0.793. The summed E-state index contributed by atoms with van der Waals surface area (Å²) in [6.07, 6.45) is 1.57. The quantitative estimate of drug-likeness (QED) is 0.565. The number of morpholine rings is 1. The third-order valence-corrected chi connectivity index (χ3v) is 4.02. The molecule has 1 aliphatic rings. The van der Waals surface area contributed by atoms with Crippen LogP contribution in [0.2, 0.25) is 0 Å². The van der Waals surface area contributed by atoms with Crippen LogP contribution >= 0.6 is 0 Å². The van der Waals surface area contributed by atoms with Gasteiger partial charge in [-0.25, -0.2) is 9.97 Å². The van der Waals surface area contributed by atoms with E-state index in [0.29, 0.717) is 37.9 Å². The number of hydrogen-bond donors (Lipinski definition) is 1. The number of amides is 1. The van der Waals surface area contributed by atoms with Gasteiger partial charge in [-0.1, -0.05) is 0 Å². The lowest BCUT2D eigenvalue weighted by atomic mass is 10.1. The fourth-order valence-electron chi connectivity index (χ4n) is 2.64. The number of nitrogens with zero attached hydrogens (tertiary/aromatic N) is 5. The predicted molar refractivity (Wildman–Crippen MR) is 96.0 cm³/mol. The number of nitro benzene ring substituents is 2. The number of carbonyl (C=O) groups is 1. The molecule has 12 nitrogen and oxygen atoms in total. The maximum absolute atomic E-state index is 12.3. The van der Waals surface area contributed by atoms with Crippen molar-refractivity contribution in [2.24, 2.45) is 0 Å². The molecule has 1 amide bonds. The van der Waals surface area contributed by atoms with E-state index in [0.717, 1.165) is 18.2 Å². The van der Waals surface area contributed by atoms with E-state index < -0.39 is 27.1 Å². The second kappa shape index (κ2) is 8.35. The first kappa shape index (κ1) is 19.1. The fourth-order valence-corrected chi connectivity index (χ4v) is 2.64. The maximum atomic E-state index is 12.3. The highest BCUT2D eigenvalue weighted by Gasteiger charge is 2.20. The van der Waals surface area contributed by atoms with E-state index in [1.54, 1.807) is 12.3 Å². The molecule has 1 aromatic heterocycles. The summed E-state index contributed by atoms with van der Waals surface area (Å²) in [5, 5.41) is 24.4. The highest BCUT2D eigenvalue weighted by Crippen LogP contribution is 2.22. The Hall–Kier alpha value is -3.67. The smallest absolute Gasteiger partial charge is 0.277 e. The number of carbonyl (C=O) groups excluding carboxylic acids is 1. The number of hydrogen-bond acceptors (Lipinski definition) is 9. The van der Waals surface area contributed by atoms with Gasteiger partial charge in [-0.3, -0.25) is 25.0 Å². The predicted octanol–water partition coefficient (Wildman–Crippen LogP) is 1.06. The Bertz CT molecular complexity index is 882. The van der Waals surface area contributed by atoms with Crippen LogP contribution in [0.15, 0.2) is 30.5 Å². The Morgan fingerprint density at radius 3 is 2.39 bits per heavy atom. The van der Waals surface area contributed by atoms with Crippen LogP contribution in [-0.4, -0.2) is 52.0 Å². The zero-order valence-electron chi connectivity index (χ0n) is 14.6. The Labute approximate surface area is 158 Å². The number of anilines is 1. The number of ether oxygens (including phenoxy) is 1. The minimum Gasteiger partial charge on any atom is -0.378 e. The molecule has 0 aliphatic carbocycles. The number of nitro groups is 2. The van der Waals surface area contributed by atoms with Gasteiger partial charge in [0.05, 0.1) is 41.2 Å². The molecule has 1 fully saturated rings. The Kier molecular flexibility index (Phi) is 5.69. The highest BCUT2D eigenvalue weighted by molar-refractivity contribution is 5.95. The maximum Gasteiger partial charge on any atom is 0.277 e. The molecule has 0 atom stereocenters. The second-order valence-electron chi connectivity index (χ2n) is 5.87. The summed E-state index contributed by atoms with van der Waals surface area (Å²) in [5.41, 5.74) is -1.26. The number of benzene rings is 1. The van der Waals surface area contributed by atoms with Gasteiger partial charge in [-0.05, 0) is 6.07 Å². The molecule has 1 saturated heterocycles. The summed E-state index contributed by atoms with van der Waals surface area (Å²) in [7, 11) is 0. The second-order valence-corrected chi connectivity index (χ2v) is 5.87. The van der Waals surface area contributed by atoms with E-state index in [9.17, 15) is 25.0 Å². The van der Waals surface area contributed by atoms with Crippen LogP contribution in [-0.2, 0) is 11.3 Å². The van der Waals surface area contributed by atoms with Crippen molar-refractivity contribution in [1.82, 2.24) is 15.3 Å². The van der Waals surface area contributed by atoms with Gasteiger partial charge in [0, 0.05) is 31.4 Å². The van der Waals surface area contributed by atoms with Crippen LogP contribution in [0.5, 0.6) is 0 Å². The lowest BCUT2D eigenvalue weighted by Crippen LogP contribution is -2.37. The van der Waals surface area contributed by atoms with Crippen LogP contribution in [0, 0.1) is 20.2 Å². The Morgan fingerprint density at radius 1 is 1.14 bits per heavy atom. The van der Waals surface area contributed by atoms with Gasteiger partial charge in [-0.2, -0.15) is 0 Å². The summed E-state index contributed by atoms with van der Waals surface area (Å²) in [6, 6.07) is 4.51. The molecule has 1 aliphatic heterocycles. The van der Waals surface area contributed by atoms with Gasteiger partial charge >= 0.3 is 0 Å². The van der Waals surface area contributed by atoms with Crippen molar-refractivity contribution in [3.8, 4) is 0 Å². The molecule has 12 heteroatoms. The number of rotatable bonds is 6. The molecule has 2 aromatic rings. The summed E-state index contributed by atoms with van der Waals surface area (Å²) < 4.78 is 5.29. The van der Waals surface area contributed by atoms with E-state index in [1.807, 2.05) is 4.90 Å². The van der Waals surface area contributed by atoms with Crippen molar-refractivity contribution >= 4 is 23.1 Å². The van der Waals surface area contributed by atoms with E-state index in [1.165, 1.54) is 0 Å². The van der Waals surface area contributed by atoms with Crippen LogP contribution in [0.4, 0.5) is 17.2 Å². The average Bonchev–Trinajstić information content (AvgIpc) is 2.72. The SMILES string of the molecule is O=C(NCc1nccc(N2CCOCC2)n1)c1cc([N+](=O)[O-])cc([N+](=O)[O-])c1. The number of non-ortho nitro benzene ring substituents is 2. The van der Waals surface area contributed by atoms with Crippen molar-refractivity contribution < 1.29 is 19.4 Å². The van der Waals surface area contributed by atoms with Gasteiger partial charge < -0.3 is 15.0 Å². The summed E-state index contributed by atoms with van der Waals surface area (Å²) >= 11 is 0. The van der Waals surface area contributed by atoms with Crippen molar-refractivity contribution in [3.05, 3.63) is 62.1 Å². The average molecular weight is 388 g/mol. The zero-order chi connectivity index (χ0) is 20.1. The molecule has 0 spiro atoms. The van der Waals surface area contributed by atoms with Gasteiger partial charge in [0.1, 0.15) is 11.6 Å². The first-order valence-corrected chi connectivity index (χ1v) is 8.31. The summed E-state index contributed by atoms with van der Waals surface area (Å²) in [5.74, 6) is 0.345. The molecular weight excluding hydrogens is 372 g/mol. The normalized spacial score (nSPS) is 13.8. The molecule has 2 heterocycles. The van der Waals surface area contributed by atoms with Gasteiger partial charge in [0.15, 0.2) is 0 Å². The summed E-state index contributed by atoms with van der Waals surface area (Å²) in [4.78, 5) is 43.1. The molecule has 1 N–H and O–H groups in total. The first-order valence-electron chi connectivity index (χ1n) is 8.31. The molecule has 0 radical (unpaired) electrons. The van der Waals surface area contributed by atoms with Crippen molar-refractivity contribution in [1.29, 1.82) is 0 Å². The third kappa shape index (κ3) is 4.54. The van der Waals surface area contributed by atoms with Crippen molar-refractivity contribution in [2.75, 3.05) is 31.2 Å². The summed E-state index contributed by atoms with van der Waals surface area (Å²) in [6.45, 7) is 2.55. The number of nitrogens with one attached hydrogen (secondary N) is 1. The van der Waals surface area contributed by atoms with Gasteiger partial charge in [-0.15, -0.1) is 0 Å². The lowest BCUT2D eigenvalue weighted by molar-refractivity contribution is -0.394. The monoisotopic (exact) mass is 388 g/mol. The van der Waals surface area contributed by atoms with Gasteiger partial charge in [0.2, 0.25) is 0 Å². The fraction of sp³-hybridized carbons (Fsp3) is 0.312. The van der Waals surface area contributed by atoms with Crippen LogP contribution < -0.4 is 10.2 Å². The van der Waals surface area contributed by atoms with E-state index in [4.69, 9.17) is 4.74 Å². The Morgan fingerprint density at radius 2 is 1.79 bits per heavy atom. The third-order valence-electron chi connectivity index (χ3n) is 4.02. The Balaban J connectivity index is 1.72. The van der Waals surface area contributed by atoms with E-state index >= 15 is 0 Å². The standard InChI is InChI=1S/C16H16N6O6/c23-16(11-7-12(21(24)25)9-13(8-11)22(26)27)18-10-14-17-2-1-15(19-14)20-3-5-28-6-4-20/h1-2,7-9H,3-6,10H2,(H,18,23). The van der Waals surface area contributed by atoms with Crippen molar-refractivity contribution in [3.63, 3.8) is 0 Å². The molecule has 1 aromatic carbocycles. The lowest BCUT2D eigenvalue weighted by Gasteiger charge is -2.27. The first-order chi connectivity index (χ1) is 13.4. The van der Waals surface area contributed by atoms with Crippen LogP contribution in [0.1, 0.15) is 16.2 Å². The molecular formula is C16H16N6O6. The molecule has 3 rings (SSSR count). The minimum absolute atomic E-state index is 0.0342. The zero-order valence-corrected chi connectivity index (χ0v) is 14.6. The van der Waals surface area contributed by atoms with Crippen LogP contribution in [0.25, 0.3) is 0 Å². The number of aromatic nitrogens is 2. The van der Waals surface area contributed by atoms with Gasteiger partial charge in [0.25, 0.3) is 17.3 Å². The van der Waals surface area contributed by atoms with Crippen LogP contribution in [0.3, 0.4) is 0 Å². The van der Waals surface area contributed by atoms with E-state index in [2.05, 4.69) is 15.3 Å². The molecule has 28 heavy (non-hydrogen) atoms. The topological polar surface area (TPSA) is 154 Å². The molecule has 0 unspecified atom stereocenters. The largest absolute Gasteiger partial charge is 0.378 e. The van der Waals surface area contributed by atoms with Crippen molar-refractivity contribution in [2.45, 2.75) is 6.54 Å². The van der Waals surface area contributed by atoms with E-state index in [-0.39, 0.29) is 12.1 Å². The highest BCUT2D eigenvalue weighted by atomic mass is 16.6. The molecule has 146 valence electrons. The molecule has 0 bridgehead atoms.